The van der Waals surface area contributed by atoms with Crippen molar-refractivity contribution in [3.63, 3.8) is 0 Å². The number of benzene rings is 1. The van der Waals surface area contributed by atoms with E-state index in [2.05, 4.69) is 10.0 Å². The van der Waals surface area contributed by atoms with Crippen LogP contribution in [0.4, 0.5) is 4.39 Å². The fourth-order valence-electron chi connectivity index (χ4n) is 2.69. The highest BCUT2D eigenvalue weighted by Crippen LogP contribution is 2.22. The molecule has 0 heterocycles. The minimum absolute atomic E-state index is 0.0287. The Hall–Kier alpha value is -0.980. The van der Waals surface area contributed by atoms with E-state index in [-0.39, 0.29) is 10.9 Å². The van der Waals surface area contributed by atoms with Crippen LogP contribution in [0.2, 0.25) is 0 Å². The molecule has 118 valence electrons. The Bertz CT molecular complexity index is 569. The standard InChI is InChI=1S/C15H23FN2O2S/c1-2-17-11-12-8-9-13(16)10-15(12)21(19,20)18-14-6-4-3-5-7-14/h8-10,14,17-18H,2-7,11H2,1H3. The Labute approximate surface area is 126 Å². The maximum atomic E-state index is 13.5. The molecule has 2 rings (SSSR count). The van der Waals surface area contributed by atoms with E-state index in [4.69, 9.17) is 0 Å². The van der Waals surface area contributed by atoms with E-state index < -0.39 is 15.8 Å². The Balaban J connectivity index is 2.22. The maximum absolute atomic E-state index is 13.5. The average molecular weight is 314 g/mol. The molecule has 1 aliphatic carbocycles. The molecule has 0 amide bonds. The molecule has 1 aliphatic rings. The molecule has 6 heteroatoms. The zero-order chi connectivity index (χ0) is 15.3. The third kappa shape index (κ3) is 4.49. The first-order valence-electron chi connectivity index (χ1n) is 7.54. The average Bonchev–Trinajstić information content (AvgIpc) is 2.46. The van der Waals surface area contributed by atoms with Crippen molar-refractivity contribution in [1.29, 1.82) is 0 Å². The lowest BCUT2D eigenvalue weighted by Crippen LogP contribution is -2.36. The molecule has 0 aromatic heterocycles. The lowest BCUT2D eigenvalue weighted by Gasteiger charge is -2.23. The van der Waals surface area contributed by atoms with E-state index in [1.807, 2.05) is 6.92 Å². The van der Waals surface area contributed by atoms with Gasteiger partial charge in [0.25, 0.3) is 0 Å². The van der Waals surface area contributed by atoms with Crippen molar-refractivity contribution in [2.45, 2.75) is 56.5 Å². The molecule has 1 aromatic carbocycles. The second kappa shape index (κ2) is 7.33. The molecule has 4 nitrogen and oxygen atoms in total. The van der Waals surface area contributed by atoms with Crippen LogP contribution < -0.4 is 10.0 Å². The van der Waals surface area contributed by atoms with Gasteiger partial charge in [-0.25, -0.2) is 17.5 Å². The molecular weight excluding hydrogens is 291 g/mol. The molecule has 0 saturated heterocycles. The van der Waals surface area contributed by atoms with Crippen LogP contribution in [0.15, 0.2) is 23.1 Å². The number of rotatable bonds is 6. The first kappa shape index (κ1) is 16.4. The van der Waals surface area contributed by atoms with E-state index in [0.29, 0.717) is 12.1 Å². The van der Waals surface area contributed by atoms with Gasteiger partial charge in [-0.15, -0.1) is 0 Å². The molecule has 0 spiro atoms. The molecule has 2 N–H and O–H groups in total. The fourth-order valence-corrected chi connectivity index (χ4v) is 4.24. The number of halogens is 1. The van der Waals surface area contributed by atoms with E-state index in [1.165, 1.54) is 12.1 Å². The lowest BCUT2D eigenvalue weighted by atomic mass is 9.96. The number of hydrogen-bond acceptors (Lipinski definition) is 3. The minimum atomic E-state index is -3.67. The summed E-state index contributed by atoms with van der Waals surface area (Å²) in [6, 6.07) is 3.91. The predicted molar refractivity (Wildman–Crippen MR) is 81.0 cm³/mol. The van der Waals surface area contributed by atoms with Gasteiger partial charge in [0, 0.05) is 12.6 Å². The Morgan fingerprint density at radius 3 is 2.62 bits per heavy atom. The predicted octanol–water partition coefficient (Wildman–Crippen LogP) is 2.55. The summed E-state index contributed by atoms with van der Waals surface area (Å²) in [6.07, 6.45) is 4.96. The molecule has 0 radical (unpaired) electrons. The summed E-state index contributed by atoms with van der Waals surface area (Å²) < 4.78 is 41.3. The van der Waals surface area contributed by atoms with Crippen LogP contribution in [0.25, 0.3) is 0 Å². The van der Waals surface area contributed by atoms with Gasteiger partial charge in [0.1, 0.15) is 5.82 Å². The van der Waals surface area contributed by atoms with Crippen LogP contribution in [0.1, 0.15) is 44.6 Å². The third-order valence-corrected chi connectivity index (χ3v) is 5.41. The van der Waals surface area contributed by atoms with Crippen molar-refractivity contribution in [2.24, 2.45) is 0 Å². The molecule has 0 unspecified atom stereocenters. The normalized spacial score (nSPS) is 17.0. The van der Waals surface area contributed by atoms with E-state index in [1.54, 1.807) is 0 Å². The molecule has 1 aromatic rings. The minimum Gasteiger partial charge on any atom is -0.313 e. The van der Waals surface area contributed by atoms with Crippen molar-refractivity contribution in [3.8, 4) is 0 Å². The van der Waals surface area contributed by atoms with Crippen LogP contribution in [0.5, 0.6) is 0 Å². The smallest absolute Gasteiger partial charge is 0.241 e. The van der Waals surface area contributed by atoms with Gasteiger partial charge in [0.2, 0.25) is 10.0 Å². The molecule has 0 bridgehead atoms. The molecular formula is C15H23FN2O2S. The van der Waals surface area contributed by atoms with E-state index >= 15 is 0 Å². The van der Waals surface area contributed by atoms with Crippen molar-refractivity contribution in [1.82, 2.24) is 10.0 Å². The monoisotopic (exact) mass is 314 g/mol. The second-order valence-corrected chi connectivity index (χ2v) is 7.17. The van der Waals surface area contributed by atoms with Crippen molar-refractivity contribution in [2.75, 3.05) is 6.54 Å². The van der Waals surface area contributed by atoms with Crippen molar-refractivity contribution in [3.05, 3.63) is 29.6 Å². The van der Waals surface area contributed by atoms with Gasteiger partial charge in [0.15, 0.2) is 0 Å². The van der Waals surface area contributed by atoms with Crippen LogP contribution >= 0.6 is 0 Å². The van der Waals surface area contributed by atoms with Gasteiger partial charge in [-0.2, -0.15) is 0 Å². The van der Waals surface area contributed by atoms with Crippen LogP contribution in [-0.4, -0.2) is 21.0 Å². The Kier molecular flexibility index (Phi) is 5.72. The highest BCUT2D eigenvalue weighted by atomic mass is 32.2. The topological polar surface area (TPSA) is 58.2 Å². The van der Waals surface area contributed by atoms with Crippen molar-refractivity contribution >= 4 is 10.0 Å². The highest BCUT2D eigenvalue weighted by Gasteiger charge is 2.24. The van der Waals surface area contributed by atoms with Crippen LogP contribution in [-0.2, 0) is 16.6 Å². The Morgan fingerprint density at radius 2 is 1.95 bits per heavy atom. The first-order chi connectivity index (χ1) is 10.0. The fraction of sp³-hybridized carbons (Fsp3) is 0.600. The molecule has 0 aliphatic heterocycles. The van der Waals surface area contributed by atoms with Crippen LogP contribution in [0.3, 0.4) is 0 Å². The van der Waals surface area contributed by atoms with Gasteiger partial charge in [0.05, 0.1) is 4.90 Å². The van der Waals surface area contributed by atoms with Gasteiger partial charge >= 0.3 is 0 Å². The largest absolute Gasteiger partial charge is 0.313 e. The summed E-state index contributed by atoms with van der Waals surface area (Å²) in [5.74, 6) is -0.528. The molecule has 21 heavy (non-hydrogen) atoms. The highest BCUT2D eigenvalue weighted by molar-refractivity contribution is 7.89. The summed E-state index contributed by atoms with van der Waals surface area (Å²) in [4.78, 5) is 0.0500. The number of nitrogens with one attached hydrogen (secondary N) is 2. The summed E-state index contributed by atoms with van der Waals surface area (Å²) in [6.45, 7) is 3.09. The summed E-state index contributed by atoms with van der Waals surface area (Å²) in [5.41, 5.74) is 0.599. The number of sulfonamides is 1. The Morgan fingerprint density at radius 1 is 1.24 bits per heavy atom. The van der Waals surface area contributed by atoms with Gasteiger partial charge in [-0.1, -0.05) is 32.3 Å². The maximum Gasteiger partial charge on any atom is 0.241 e. The van der Waals surface area contributed by atoms with Gasteiger partial charge < -0.3 is 5.32 Å². The zero-order valence-corrected chi connectivity index (χ0v) is 13.2. The van der Waals surface area contributed by atoms with Crippen molar-refractivity contribution < 1.29 is 12.8 Å². The molecule has 1 saturated carbocycles. The zero-order valence-electron chi connectivity index (χ0n) is 12.4. The van der Waals surface area contributed by atoms with E-state index in [9.17, 15) is 12.8 Å². The number of hydrogen-bond donors (Lipinski definition) is 2. The molecule has 0 atom stereocenters. The summed E-state index contributed by atoms with van der Waals surface area (Å²) in [7, 11) is -3.67. The summed E-state index contributed by atoms with van der Waals surface area (Å²) >= 11 is 0. The quantitative estimate of drug-likeness (QED) is 0.848. The molecule has 1 fully saturated rings. The van der Waals surface area contributed by atoms with Crippen LogP contribution in [0, 0.1) is 5.82 Å². The van der Waals surface area contributed by atoms with Gasteiger partial charge in [-0.05, 0) is 37.1 Å². The third-order valence-electron chi connectivity index (χ3n) is 3.81. The summed E-state index contributed by atoms with van der Waals surface area (Å²) in [5, 5.41) is 3.09. The second-order valence-electron chi connectivity index (χ2n) is 5.49. The van der Waals surface area contributed by atoms with E-state index in [0.717, 1.165) is 44.7 Å². The SMILES string of the molecule is CCNCc1ccc(F)cc1S(=O)(=O)NC1CCCCC1. The van der Waals surface area contributed by atoms with Gasteiger partial charge in [-0.3, -0.25) is 0 Å². The lowest BCUT2D eigenvalue weighted by molar-refractivity contribution is 0.412. The first-order valence-corrected chi connectivity index (χ1v) is 9.02.